The lowest BCUT2D eigenvalue weighted by molar-refractivity contribution is -0.120. The van der Waals surface area contributed by atoms with Crippen molar-refractivity contribution in [3.63, 3.8) is 0 Å². The van der Waals surface area contributed by atoms with E-state index in [9.17, 15) is 9.18 Å². The Morgan fingerprint density at radius 2 is 1.86 bits per heavy atom. The minimum atomic E-state index is -0.396. The highest BCUT2D eigenvalue weighted by molar-refractivity contribution is 5.98. The second-order valence-electron chi connectivity index (χ2n) is 5.32. The van der Waals surface area contributed by atoms with Crippen molar-refractivity contribution in [1.82, 2.24) is 4.98 Å². The number of hydrogen-bond acceptors (Lipinski definition) is 1. The molecule has 22 heavy (non-hydrogen) atoms. The van der Waals surface area contributed by atoms with Gasteiger partial charge in [-0.25, -0.2) is 4.39 Å². The second-order valence-corrected chi connectivity index (χ2v) is 5.32. The maximum atomic E-state index is 13.2. The summed E-state index contributed by atoms with van der Waals surface area (Å²) in [4.78, 5) is 14.6. The summed E-state index contributed by atoms with van der Waals surface area (Å²) in [6.45, 7) is 1.75. The Balaban J connectivity index is 2.16. The summed E-state index contributed by atoms with van der Waals surface area (Å²) in [5.41, 5.74) is 8.97. The van der Waals surface area contributed by atoms with Crippen molar-refractivity contribution in [2.24, 2.45) is 11.7 Å². The number of carbonyl (C=O) groups is 1. The summed E-state index contributed by atoms with van der Waals surface area (Å²) >= 11 is 0. The van der Waals surface area contributed by atoms with Crippen LogP contribution in [0, 0.1) is 18.2 Å². The third-order valence-corrected chi connectivity index (χ3v) is 3.73. The van der Waals surface area contributed by atoms with Gasteiger partial charge >= 0.3 is 0 Å². The first-order valence-corrected chi connectivity index (χ1v) is 7.07. The molecule has 1 atom stereocenters. The number of benzene rings is 2. The number of amides is 1. The quantitative estimate of drug-likeness (QED) is 0.758. The molecule has 1 heterocycles. The molecule has 0 saturated heterocycles. The van der Waals surface area contributed by atoms with Crippen LogP contribution in [-0.2, 0) is 4.79 Å². The number of nitrogens with one attached hydrogen (secondary N) is 1. The first-order valence-electron chi connectivity index (χ1n) is 7.07. The molecule has 0 aliphatic rings. The SMILES string of the molecule is CC([CH]c1[nH]c2ccccc2c1-c1ccc(F)cc1)C(N)=O. The molecule has 0 fully saturated rings. The number of aromatic amines is 1. The maximum Gasteiger partial charge on any atom is 0.220 e. The predicted octanol–water partition coefficient (Wildman–Crippen LogP) is 3.65. The standard InChI is InChI=1S/C18H16FN2O/c1-11(18(20)22)10-16-17(12-6-8-13(19)9-7-12)14-4-2-3-5-15(14)21-16/h2-11,21H,1H3,(H2,20,22). The fraction of sp³-hybridized carbons (Fsp3) is 0.111. The van der Waals surface area contributed by atoms with Crippen molar-refractivity contribution < 1.29 is 9.18 Å². The molecule has 3 N–H and O–H groups in total. The van der Waals surface area contributed by atoms with Crippen molar-refractivity contribution in [2.75, 3.05) is 0 Å². The Bertz CT molecular complexity index is 821. The van der Waals surface area contributed by atoms with Crippen molar-refractivity contribution in [2.45, 2.75) is 6.92 Å². The van der Waals surface area contributed by atoms with E-state index in [0.717, 1.165) is 27.7 Å². The van der Waals surface area contributed by atoms with E-state index in [2.05, 4.69) is 4.98 Å². The Kier molecular flexibility index (Phi) is 3.67. The first-order chi connectivity index (χ1) is 10.6. The zero-order valence-corrected chi connectivity index (χ0v) is 12.1. The fourth-order valence-corrected chi connectivity index (χ4v) is 2.55. The van der Waals surface area contributed by atoms with Gasteiger partial charge in [0.25, 0.3) is 0 Å². The van der Waals surface area contributed by atoms with Gasteiger partial charge in [0.1, 0.15) is 5.82 Å². The van der Waals surface area contributed by atoms with E-state index in [4.69, 9.17) is 5.73 Å². The van der Waals surface area contributed by atoms with E-state index >= 15 is 0 Å². The number of fused-ring (bicyclic) bond motifs is 1. The van der Waals surface area contributed by atoms with Crippen LogP contribution in [0.1, 0.15) is 12.6 Å². The van der Waals surface area contributed by atoms with Gasteiger partial charge in [-0.05, 0) is 23.8 Å². The smallest absolute Gasteiger partial charge is 0.220 e. The number of rotatable bonds is 4. The predicted molar refractivity (Wildman–Crippen MR) is 85.5 cm³/mol. The van der Waals surface area contributed by atoms with Crippen molar-refractivity contribution in [1.29, 1.82) is 0 Å². The lowest BCUT2D eigenvalue weighted by atomic mass is 9.96. The van der Waals surface area contributed by atoms with Crippen LogP contribution in [0.15, 0.2) is 48.5 Å². The number of H-pyrrole nitrogens is 1. The maximum absolute atomic E-state index is 13.2. The molecule has 3 aromatic rings. The zero-order valence-electron chi connectivity index (χ0n) is 12.1. The number of halogens is 1. The summed E-state index contributed by atoms with van der Waals surface area (Å²) in [6, 6.07) is 14.2. The summed E-state index contributed by atoms with van der Waals surface area (Å²) in [6.07, 6.45) is 1.81. The number of para-hydroxylation sites is 1. The van der Waals surface area contributed by atoms with Crippen LogP contribution < -0.4 is 5.73 Å². The van der Waals surface area contributed by atoms with E-state index < -0.39 is 5.92 Å². The Morgan fingerprint density at radius 1 is 1.18 bits per heavy atom. The number of nitrogens with two attached hydrogens (primary N) is 1. The molecule has 1 amide bonds. The molecule has 1 radical (unpaired) electrons. The van der Waals surface area contributed by atoms with Crippen molar-refractivity contribution >= 4 is 16.8 Å². The molecule has 0 saturated carbocycles. The zero-order chi connectivity index (χ0) is 15.7. The molecule has 0 bridgehead atoms. The van der Waals surface area contributed by atoms with Crippen LogP contribution in [0.25, 0.3) is 22.0 Å². The van der Waals surface area contributed by atoms with Gasteiger partial charge in [0.2, 0.25) is 5.91 Å². The minimum Gasteiger partial charge on any atom is -0.369 e. The van der Waals surface area contributed by atoms with Gasteiger partial charge in [0.05, 0.1) is 0 Å². The first kappa shape index (κ1) is 14.3. The normalized spacial score (nSPS) is 12.5. The fourth-order valence-electron chi connectivity index (χ4n) is 2.55. The molecule has 1 unspecified atom stereocenters. The van der Waals surface area contributed by atoms with Gasteiger partial charge in [-0.2, -0.15) is 0 Å². The molecule has 1 aromatic heterocycles. The largest absolute Gasteiger partial charge is 0.369 e. The second kappa shape index (κ2) is 5.64. The lowest BCUT2D eigenvalue weighted by Gasteiger charge is -2.08. The Hall–Kier alpha value is -2.62. The van der Waals surface area contributed by atoms with Crippen LogP contribution in [0.5, 0.6) is 0 Å². The van der Waals surface area contributed by atoms with Gasteiger partial charge in [0, 0.05) is 34.5 Å². The third-order valence-electron chi connectivity index (χ3n) is 3.73. The van der Waals surface area contributed by atoms with Crippen LogP contribution in [0.2, 0.25) is 0 Å². The molecule has 3 rings (SSSR count). The van der Waals surface area contributed by atoms with E-state index in [1.165, 1.54) is 12.1 Å². The lowest BCUT2D eigenvalue weighted by Crippen LogP contribution is -2.21. The topological polar surface area (TPSA) is 58.9 Å². The van der Waals surface area contributed by atoms with Crippen molar-refractivity contribution in [3.05, 3.63) is 66.5 Å². The molecule has 3 nitrogen and oxygen atoms in total. The molecule has 0 spiro atoms. The molecule has 0 aliphatic heterocycles. The van der Waals surface area contributed by atoms with Gasteiger partial charge < -0.3 is 10.7 Å². The molecule has 111 valence electrons. The Morgan fingerprint density at radius 3 is 2.55 bits per heavy atom. The van der Waals surface area contributed by atoms with E-state index in [1.54, 1.807) is 25.5 Å². The average Bonchev–Trinajstić information content (AvgIpc) is 2.86. The minimum absolute atomic E-state index is 0.278. The number of hydrogen-bond donors (Lipinski definition) is 2. The average molecular weight is 295 g/mol. The van der Waals surface area contributed by atoms with Crippen LogP contribution in [-0.4, -0.2) is 10.9 Å². The van der Waals surface area contributed by atoms with E-state index in [-0.39, 0.29) is 11.7 Å². The van der Waals surface area contributed by atoms with Crippen LogP contribution in [0.4, 0.5) is 4.39 Å². The summed E-state index contributed by atoms with van der Waals surface area (Å²) < 4.78 is 13.2. The Labute approximate surface area is 128 Å². The van der Waals surface area contributed by atoms with E-state index in [0.29, 0.717) is 0 Å². The third kappa shape index (κ3) is 2.60. The van der Waals surface area contributed by atoms with E-state index in [1.807, 2.05) is 24.3 Å². The summed E-state index contributed by atoms with van der Waals surface area (Å²) in [7, 11) is 0. The monoisotopic (exact) mass is 295 g/mol. The number of aromatic nitrogens is 1. The van der Waals surface area contributed by atoms with Crippen molar-refractivity contribution in [3.8, 4) is 11.1 Å². The highest BCUT2D eigenvalue weighted by Gasteiger charge is 2.18. The summed E-state index contributed by atoms with van der Waals surface area (Å²) in [5.74, 6) is -1.06. The molecule has 4 heteroatoms. The van der Waals surface area contributed by atoms with Gasteiger partial charge in [-0.15, -0.1) is 0 Å². The molecular weight excluding hydrogens is 279 g/mol. The summed E-state index contributed by atoms with van der Waals surface area (Å²) in [5, 5.41) is 1.03. The highest BCUT2D eigenvalue weighted by Crippen LogP contribution is 2.34. The molecular formula is C18H16FN2O. The van der Waals surface area contributed by atoms with Gasteiger partial charge in [-0.3, -0.25) is 4.79 Å². The van der Waals surface area contributed by atoms with Gasteiger partial charge in [0.15, 0.2) is 0 Å². The molecule has 0 aliphatic carbocycles. The highest BCUT2D eigenvalue weighted by atomic mass is 19.1. The van der Waals surface area contributed by atoms with Gasteiger partial charge in [-0.1, -0.05) is 37.3 Å². The van der Waals surface area contributed by atoms with Crippen LogP contribution in [0.3, 0.4) is 0 Å². The number of carbonyl (C=O) groups excluding carboxylic acids is 1. The number of primary amides is 1. The molecule has 2 aromatic carbocycles. The van der Waals surface area contributed by atoms with Crippen LogP contribution >= 0.6 is 0 Å².